The fourth-order valence-electron chi connectivity index (χ4n) is 2.85. The Morgan fingerprint density at radius 2 is 1.90 bits per heavy atom. The van der Waals surface area contributed by atoms with E-state index in [9.17, 15) is 4.79 Å². The lowest BCUT2D eigenvalue weighted by Crippen LogP contribution is -2.53. The minimum absolute atomic E-state index is 0.153. The molecule has 2 N–H and O–H groups in total. The van der Waals surface area contributed by atoms with Gasteiger partial charge in [0.15, 0.2) is 0 Å². The maximum absolute atomic E-state index is 12.7. The molecule has 0 spiro atoms. The molecule has 1 rings (SSSR count). The van der Waals surface area contributed by atoms with Crippen LogP contribution in [0.3, 0.4) is 0 Å². The zero-order valence-corrected chi connectivity index (χ0v) is 14.3. The third kappa shape index (κ3) is 6.32. The van der Waals surface area contributed by atoms with E-state index in [0.29, 0.717) is 6.04 Å². The highest BCUT2D eigenvalue weighted by Crippen LogP contribution is 2.17. The minimum Gasteiger partial charge on any atom is -0.337 e. The summed E-state index contributed by atoms with van der Waals surface area (Å²) in [6.07, 6.45) is 5.06. The van der Waals surface area contributed by atoms with Gasteiger partial charge in [-0.1, -0.05) is 19.8 Å². The molecule has 1 amide bonds. The van der Waals surface area contributed by atoms with E-state index >= 15 is 0 Å². The molecule has 1 aliphatic rings. The van der Waals surface area contributed by atoms with Crippen LogP contribution < -0.4 is 5.73 Å². The number of nitrogens with two attached hydrogens (primary N) is 1. The summed E-state index contributed by atoms with van der Waals surface area (Å²) < 4.78 is 0. The van der Waals surface area contributed by atoms with Crippen LogP contribution in [0, 0.1) is 0 Å². The van der Waals surface area contributed by atoms with Crippen molar-refractivity contribution in [1.29, 1.82) is 0 Å². The highest BCUT2D eigenvalue weighted by atomic mass is 16.2. The molecule has 0 bridgehead atoms. The molecule has 0 aromatic rings. The number of carbonyl (C=O) groups excluding carboxylic acids is 1. The van der Waals surface area contributed by atoms with Gasteiger partial charge in [-0.25, -0.2) is 0 Å². The number of rotatable bonds is 8. The number of likely N-dealkylation sites (N-methyl/N-ethyl adjacent to an activating group) is 1. The molecule has 1 heterocycles. The molecule has 0 unspecified atom stereocenters. The summed E-state index contributed by atoms with van der Waals surface area (Å²) in [7, 11) is 6.25. The van der Waals surface area contributed by atoms with E-state index in [1.165, 1.54) is 0 Å². The van der Waals surface area contributed by atoms with Crippen LogP contribution in [0.2, 0.25) is 0 Å². The number of piperidine rings is 1. The minimum atomic E-state index is -0.327. The first-order valence-electron chi connectivity index (χ1n) is 8.35. The summed E-state index contributed by atoms with van der Waals surface area (Å²) >= 11 is 0. The van der Waals surface area contributed by atoms with Gasteiger partial charge >= 0.3 is 0 Å². The Hall–Kier alpha value is -0.650. The number of hydrogen-bond acceptors (Lipinski definition) is 4. The van der Waals surface area contributed by atoms with E-state index in [4.69, 9.17) is 5.73 Å². The lowest BCUT2D eigenvalue weighted by molar-refractivity contribution is -0.136. The molecule has 1 fully saturated rings. The van der Waals surface area contributed by atoms with Crippen molar-refractivity contribution in [2.75, 3.05) is 47.3 Å². The number of hydrogen-bond donors (Lipinski definition) is 1. The van der Waals surface area contributed by atoms with Crippen LogP contribution in [-0.4, -0.2) is 80.0 Å². The molecule has 1 atom stereocenters. The Balaban J connectivity index is 2.64. The molecule has 5 heteroatoms. The van der Waals surface area contributed by atoms with E-state index < -0.39 is 0 Å². The van der Waals surface area contributed by atoms with Crippen LogP contribution in [0.4, 0.5) is 0 Å². The topological polar surface area (TPSA) is 52.8 Å². The first kappa shape index (κ1) is 18.4. The standard InChI is InChI=1S/C16H34N4O/c1-5-6-7-15(17)16(21)20(13-12-18(2)3)14-8-10-19(4)11-9-14/h14-15H,5-13,17H2,1-4H3/t15-/m0/s1. The summed E-state index contributed by atoms with van der Waals surface area (Å²) in [5.74, 6) is 0.153. The van der Waals surface area contributed by atoms with Gasteiger partial charge in [0.2, 0.25) is 5.91 Å². The fraction of sp³-hybridized carbons (Fsp3) is 0.938. The third-order valence-corrected chi connectivity index (χ3v) is 4.39. The van der Waals surface area contributed by atoms with Crippen LogP contribution in [-0.2, 0) is 4.79 Å². The summed E-state index contributed by atoms with van der Waals surface area (Å²) in [4.78, 5) is 19.2. The van der Waals surface area contributed by atoms with Crippen molar-refractivity contribution >= 4 is 5.91 Å². The van der Waals surface area contributed by atoms with E-state index in [0.717, 1.165) is 58.3 Å². The van der Waals surface area contributed by atoms with Crippen molar-refractivity contribution in [2.24, 2.45) is 5.73 Å². The Morgan fingerprint density at radius 1 is 1.29 bits per heavy atom. The van der Waals surface area contributed by atoms with Crippen LogP contribution in [0.5, 0.6) is 0 Å². The maximum Gasteiger partial charge on any atom is 0.239 e. The number of amides is 1. The van der Waals surface area contributed by atoms with E-state index in [1.54, 1.807) is 0 Å². The molecule has 0 saturated carbocycles. The van der Waals surface area contributed by atoms with Gasteiger partial charge in [-0.3, -0.25) is 4.79 Å². The molecule has 0 aromatic heterocycles. The predicted molar refractivity (Wildman–Crippen MR) is 88.3 cm³/mol. The lowest BCUT2D eigenvalue weighted by atomic mass is 10.0. The molecular formula is C16H34N4O. The summed E-state index contributed by atoms with van der Waals surface area (Å²) in [6.45, 7) is 5.97. The second-order valence-electron chi connectivity index (χ2n) is 6.62. The number of nitrogens with zero attached hydrogens (tertiary/aromatic N) is 3. The zero-order chi connectivity index (χ0) is 15.8. The average molecular weight is 298 g/mol. The monoisotopic (exact) mass is 298 g/mol. The molecule has 0 radical (unpaired) electrons. The largest absolute Gasteiger partial charge is 0.337 e. The van der Waals surface area contributed by atoms with E-state index in [1.807, 2.05) is 14.1 Å². The van der Waals surface area contributed by atoms with Crippen LogP contribution >= 0.6 is 0 Å². The van der Waals surface area contributed by atoms with Crippen molar-refractivity contribution in [3.05, 3.63) is 0 Å². The van der Waals surface area contributed by atoms with Crippen molar-refractivity contribution in [1.82, 2.24) is 14.7 Å². The number of likely N-dealkylation sites (tertiary alicyclic amines) is 1. The van der Waals surface area contributed by atoms with Gasteiger partial charge in [-0.05, 0) is 53.5 Å². The summed E-state index contributed by atoms with van der Waals surface area (Å²) in [5.41, 5.74) is 6.13. The summed E-state index contributed by atoms with van der Waals surface area (Å²) in [5, 5.41) is 0. The zero-order valence-electron chi connectivity index (χ0n) is 14.3. The Kier molecular flexibility index (Phi) is 8.22. The van der Waals surface area contributed by atoms with Gasteiger partial charge in [-0.2, -0.15) is 0 Å². The molecule has 21 heavy (non-hydrogen) atoms. The molecule has 0 aromatic carbocycles. The van der Waals surface area contributed by atoms with Crippen LogP contribution in [0.15, 0.2) is 0 Å². The molecule has 0 aliphatic carbocycles. The first-order chi connectivity index (χ1) is 9.95. The van der Waals surface area contributed by atoms with Crippen molar-refractivity contribution in [3.8, 4) is 0 Å². The fourth-order valence-corrected chi connectivity index (χ4v) is 2.85. The molecule has 5 nitrogen and oxygen atoms in total. The van der Waals surface area contributed by atoms with Crippen molar-refractivity contribution in [2.45, 2.75) is 51.1 Å². The predicted octanol–water partition coefficient (Wildman–Crippen LogP) is 0.988. The van der Waals surface area contributed by atoms with Gasteiger partial charge in [0.25, 0.3) is 0 Å². The average Bonchev–Trinajstić information content (AvgIpc) is 2.46. The normalized spacial score (nSPS) is 19.0. The first-order valence-corrected chi connectivity index (χ1v) is 8.35. The highest BCUT2D eigenvalue weighted by Gasteiger charge is 2.29. The van der Waals surface area contributed by atoms with Gasteiger partial charge in [-0.15, -0.1) is 0 Å². The van der Waals surface area contributed by atoms with Gasteiger partial charge in [0.1, 0.15) is 0 Å². The van der Waals surface area contributed by atoms with Gasteiger partial charge in [0, 0.05) is 19.1 Å². The number of carbonyl (C=O) groups is 1. The second kappa shape index (κ2) is 9.38. The molecule has 124 valence electrons. The lowest BCUT2D eigenvalue weighted by Gasteiger charge is -2.39. The molecular weight excluding hydrogens is 264 g/mol. The van der Waals surface area contributed by atoms with Crippen LogP contribution in [0.25, 0.3) is 0 Å². The SMILES string of the molecule is CCCC[C@H](N)C(=O)N(CCN(C)C)C1CCN(C)CC1. The Bertz CT molecular complexity index is 301. The molecule has 1 aliphatic heterocycles. The summed E-state index contributed by atoms with van der Waals surface area (Å²) in [6, 6.07) is 0.0353. The van der Waals surface area contributed by atoms with Crippen molar-refractivity contribution in [3.63, 3.8) is 0 Å². The number of unbranched alkanes of at least 4 members (excludes halogenated alkanes) is 1. The molecule has 1 saturated heterocycles. The Morgan fingerprint density at radius 3 is 2.43 bits per heavy atom. The second-order valence-corrected chi connectivity index (χ2v) is 6.62. The van der Waals surface area contributed by atoms with Crippen molar-refractivity contribution < 1.29 is 4.79 Å². The quantitative estimate of drug-likeness (QED) is 0.726. The van der Waals surface area contributed by atoms with Crippen LogP contribution in [0.1, 0.15) is 39.0 Å². The van der Waals surface area contributed by atoms with Gasteiger partial charge in [0.05, 0.1) is 6.04 Å². The highest BCUT2D eigenvalue weighted by molar-refractivity contribution is 5.82. The smallest absolute Gasteiger partial charge is 0.239 e. The maximum atomic E-state index is 12.7. The van der Waals surface area contributed by atoms with Gasteiger partial charge < -0.3 is 20.4 Å². The third-order valence-electron chi connectivity index (χ3n) is 4.39. The Labute approximate surface area is 130 Å². The van der Waals surface area contributed by atoms with E-state index in [2.05, 4.69) is 28.7 Å². The van der Waals surface area contributed by atoms with E-state index in [-0.39, 0.29) is 11.9 Å².